The van der Waals surface area contributed by atoms with Crippen LogP contribution in [0.2, 0.25) is 0 Å². The van der Waals surface area contributed by atoms with Crippen LogP contribution in [0, 0.1) is 0 Å². The van der Waals surface area contributed by atoms with Crippen molar-refractivity contribution in [2.75, 3.05) is 6.54 Å². The van der Waals surface area contributed by atoms with Crippen LogP contribution in [-0.2, 0) is 6.42 Å². The molecule has 0 fully saturated rings. The lowest BCUT2D eigenvalue weighted by Crippen LogP contribution is -2.00. The average Bonchev–Trinajstić information content (AvgIpc) is 2.70. The van der Waals surface area contributed by atoms with Crippen molar-refractivity contribution >= 4 is 11.1 Å². The van der Waals surface area contributed by atoms with E-state index in [0.29, 0.717) is 12.5 Å². The highest BCUT2D eigenvalue weighted by atomic mass is 16.3. The number of hydrogen-bond donors (Lipinski definition) is 1. The zero-order chi connectivity index (χ0) is 11.5. The summed E-state index contributed by atoms with van der Waals surface area (Å²) in [6, 6.07) is 6.12. The molecule has 0 spiro atoms. The first kappa shape index (κ1) is 11.1. The van der Waals surface area contributed by atoms with Crippen LogP contribution in [0.5, 0.6) is 0 Å². The molecule has 1 heterocycles. The minimum Gasteiger partial charge on any atom is -0.440 e. The smallest absolute Gasteiger partial charge is 0.198 e. The predicted octanol–water partition coefficient (Wildman–Crippen LogP) is 2.84. The fourth-order valence-electron chi connectivity index (χ4n) is 1.76. The maximum Gasteiger partial charge on any atom is 0.198 e. The van der Waals surface area contributed by atoms with Crippen LogP contribution in [-0.4, -0.2) is 11.5 Å². The summed E-state index contributed by atoms with van der Waals surface area (Å²) in [6.07, 6.45) is 1.94. The molecule has 0 bridgehead atoms. The van der Waals surface area contributed by atoms with Gasteiger partial charge in [-0.3, -0.25) is 0 Å². The number of oxazole rings is 1. The summed E-state index contributed by atoms with van der Waals surface area (Å²) in [6.45, 7) is 4.89. The van der Waals surface area contributed by atoms with E-state index in [0.717, 1.165) is 29.8 Å². The molecule has 0 amide bonds. The Morgan fingerprint density at radius 1 is 1.38 bits per heavy atom. The van der Waals surface area contributed by atoms with Gasteiger partial charge in [-0.05, 0) is 31.0 Å². The van der Waals surface area contributed by atoms with Crippen molar-refractivity contribution in [2.24, 2.45) is 5.73 Å². The number of nitrogens with zero attached hydrogens (tertiary/aromatic N) is 1. The molecule has 16 heavy (non-hydrogen) atoms. The molecule has 0 atom stereocenters. The van der Waals surface area contributed by atoms with Crippen molar-refractivity contribution in [3.63, 3.8) is 0 Å². The van der Waals surface area contributed by atoms with Crippen LogP contribution < -0.4 is 5.73 Å². The number of aromatic nitrogens is 1. The summed E-state index contributed by atoms with van der Waals surface area (Å²) in [5, 5.41) is 0. The Labute approximate surface area is 95.7 Å². The van der Waals surface area contributed by atoms with Gasteiger partial charge in [-0.2, -0.15) is 0 Å². The van der Waals surface area contributed by atoms with Crippen LogP contribution in [0.3, 0.4) is 0 Å². The van der Waals surface area contributed by atoms with Crippen molar-refractivity contribution in [1.82, 2.24) is 4.98 Å². The number of fused-ring (bicyclic) bond motifs is 1. The van der Waals surface area contributed by atoms with Crippen LogP contribution in [0.25, 0.3) is 11.1 Å². The lowest BCUT2D eigenvalue weighted by molar-refractivity contribution is 0.499. The Kier molecular flexibility index (Phi) is 3.25. The fraction of sp³-hybridized carbons (Fsp3) is 0.462. The zero-order valence-electron chi connectivity index (χ0n) is 9.86. The second-order valence-corrected chi connectivity index (χ2v) is 4.36. The molecule has 0 saturated carbocycles. The largest absolute Gasteiger partial charge is 0.440 e. The van der Waals surface area contributed by atoms with Crippen molar-refractivity contribution in [3.05, 3.63) is 29.7 Å². The van der Waals surface area contributed by atoms with Crippen molar-refractivity contribution in [3.8, 4) is 0 Å². The van der Waals surface area contributed by atoms with Gasteiger partial charge >= 0.3 is 0 Å². The lowest BCUT2D eigenvalue weighted by Gasteiger charge is -1.99. The third kappa shape index (κ3) is 2.09. The highest BCUT2D eigenvalue weighted by Crippen LogP contribution is 2.24. The van der Waals surface area contributed by atoms with Gasteiger partial charge in [-0.15, -0.1) is 0 Å². The van der Waals surface area contributed by atoms with Crippen molar-refractivity contribution in [1.29, 1.82) is 0 Å². The van der Waals surface area contributed by atoms with Crippen molar-refractivity contribution in [2.45, 2.75) is 32.6 Å². The van der Waals surface area contributed by atoms with E-state index in [-0.39, 0.29) is 0 Å². The minimum atomic E-state index is 0.328. The third-order valence-corrected chi connectivity index (χ3v) is 2.66. The van der Waals surface area contributed by atoms with E-state index < -0.39 is 0 Å². The normalized spacial score (nSPS) is 11.5. The molecular formula is C13H18N2O. The number of aryl methyl sites for hydroxylation is 1. The van der Waals surface area contributed by atoms with Gasteiger partial charge in [-0.25, -0.2) is 4.98 Å². The van der Waals surface area contributed by atoms with Gasteiger partial charge in [-0.1, -0.05) is 26.0 Å². The number of nitrogens with two attached hydrogens (primary N) is 1. The van der Waals surface area contributed by atoms with Crippen molar-refractivity contribution < 1.29 is 4.42 Å². The summed E-state index contributed by atoms with van der Waals surface area (Å²) in [5.41, 5.74) is 8.63. The molecule has 2 rings (SSSR count). The second kappa shape index (κ2) is 4.66. The van der Waals surface area contributed by atoms with Gasteiger partial charge in [0.2, 0.25) is 0 Å². The number of para-hydroxylation sites is 1. The Bertz CT molecular complexity index is 474. The van der Waals surface area contributed by atoms with Gasteiger partial charge in [0.25, 0.3) is 0 Å². The molecule has 2 aromatic rings. The molecule has 3 heteroatoms. The zero-order valence-corrected chi connectivity index (χ0v) is 9.86. The van der Waals surface area contributed by atoms with E-state index in [2.05, 4.69) is 24.9 Å². The molecule has 1 aromatic heterocycles. The molecule has 86 valence electrons. The summed E-state index contributed by atoms with van der Waals surface area (Å²) < 4.78 is 5.81. The monoisotopic (exact) mass is 218 g/mol. The Morgan fingerprint density at radius 2 is 2.19 bits per heavy atom. The molecule has 0 aliphatic carbocycles. The first-order chi connectivity index (χ1) is 7.72. The Hall–Kier alpha value is -1.35. The summed E-state index contributed by atoms with van der Waals surface area (Å²) >= 11 is 0. The summed E-state index contributed by atoms with van der Waals surface area (Å²) in [5.74, 6) is 1.14. The fourth-order valence-corrected chi connectivity index (χ4v) is 1.76. The van der Waals surface area contributed by atoms with E-state index in [1.165, 1.54) is 5.56 Å². The third-order valence-electron chi connectivity index (χ3n) is 2.66. The van der Waals surface area contributed by atoms with Crippen LogP contribution in [0.1, 0.15) is 37.6 Å². The minimum absolute atomic E-state index is 0.328. The van der Waals surface area contributed by atoms with E-state index in [4.69, 9.17) is 10.2 Å². The molecule has 0 aliphatic rings. The van der Waals surface area contributed by atoms with E-state index in [1.54, 1.807) is 0 Å². The highest BCUT2D eigenvalue weighted by molar-refractivity contribution is 5.76. The topological polar surface area (TPSA) is 52.0 Å². The van der Waals surface area contributed by atoms with Gasteiger partial charge in [0, 0.05) is 5.92 Å². The number of benzene rings is 1. The number of hydrogen-bond acceptors (Lipinski definition) is 3. The van der Waals surface area contributed by atoms with Crippen LogP contribution >= 0.6 is 0 Å². The van der Waals surface area contributed by atoms with Gasteiger partial charge in [0.05, 0.1) is 0 Å². The maximum atomic E-state index is 5.81. The molecule has 3 nitrogen and oxygen atoms in total. The molecule has 2 N–H and O–H groups in total. The number of rotatable bonds is 4. The van der Waals surface area contributed by atoms with Crippen LogP contribution in [0.4, 0.5) is 0 Å². The predicted molar refractivity (Wildman–Crippen MR) is 65.5 cm³/mol. The lowest BCUT2D eigenvalue weighted by atomic mass is 10.1. The van der Waals surface area contributed by atoms with Gasteiger partial charge in [0.1, 0.15) is 5.52 Å². The highest BCUT2D eigenvalue weighted by Gasteiger charge is 2.11. The molecular weight excluding hydrogens is 200 g/mol. The van der Waals surface area contributed by atoms with Gasteiger partial charge < -0.3 is 10.2 Å². The molecule has 0 aliphatic heterocycles. The first-order valence-corrected chi connectivity index (χ1v) is 5.80. The average molecular weight is 218 g/mol. The summed E-state index contributed by atoms with van der Waals surface area (Å²) in [7, 11) is 0. The Balaban J connectivity index is 2.41. The molecule has 0 radical (unpaired) electrons. The molecule has 0 saturated heterocycles. The maximum absolute atomic E-state index is 5.81. The SMILES string of the molecule is CC(C)c1nc2cccc(CCCN)c2o1. The van der Waals surface area contributed by atoms with E-state index in [1.807, 2.05) is 12.1 Å². The molecule has 0 unspecified atom stereocenters. The second-order valence-electron chi connectivity index (χ2n) is 4.36. The van der Waals surface area contributed by atoms with E-state index in [9.17, 15) is 0 Å². The van der Waals surface area contributed by atoms with Crippen LogP contribution in [0.15, 0.2) is 22.6 Å². The van der Waals surface area contributed by atoms with Gasteiger partial charge in [0.15, 0.2) is 11.5 Å². The molecule has 1 aromatic carbocycles. The van der Waals surface area contributed by atoms with E-state index >= 15 is 0 Å². The Morgan fingerprint density at radius 3 is 2.88 bits per heavy atom. The quantitative estimate of drug-likeness (QED) is 0.858. The first-order valence-electron chi connectivity index (χ1n) is 5.80. The standard InChI is InChI=1S/C13H18N2O/c1-9(2)13-15-11-7-3-5-10(6-4-8-14)12(11)16-13/h3,5,7,9H,4,6,8,14H2,1-2H3. The summed E-state index contributed by atoms with van der Waals surface area (Å²) in [4.78, 5) is 4.48.